The molecule has 0 radical (unpaired) electrons. The molecule has 2 nitrogen and oxygen atoms in total. The summed E-state index contributed by atoms with van der Waals surface area (Å²) in [6, 6.07) is 8.27. The van der Waals surface area contributed by atoms with E-state index >= 15 is 0 Å². The summed E-state index contributed by atoms with van der Waals surface area (Å²) in [6.45, 7) is 2.93. The lowest BCUT2D eigenvalue weighted by Crippen LogP contribution is -2.43. The zero-order valence-electron chi connectivity index (χ0n) is 8.12. The molecule has 0 aromatic heterocycles. The molecule has 1 fully saturated rings. The molecule has 1 unspecified atom stereocenters. The largest absolute Gasteiger partial charge is 0.329 e. The molecular formula is C11H15ClN2. The Labute approximate surface area is 89.7 Å². The maximum atomic E-state index is 6.14. The van der Waals surface area contributed by atoms with Gasteiger partial charge in [-0.25, -0.2) is 0 Å². The second kappa shape index (κ2) is 4.30. The van der Waals surface area contributed by atoms with Crippen LogP contribution in [0.2, 0.25) is 5.02 Å². The number of rotatable bonds is 3. The Hall–Kier alpha value is -0.570. The maximum Gasteiger partial charge on any atom is 0.0485 e. The summed E-state index contributed by atoms with van der Waals surface area (Å²) in [5.41, 5.74) is 6.95. The zero-order valence-corrected chi connectivity index (χ0v) is 8.87. The predicted octanol–water partition coefficient (Wildman–Crippen LogP) is 2.05. The second-order valence-electron chi connectivity index (χ2n) is 3.66. The highest BCUT2D eigenvalue weighted by atomic mass is 35.5. The monoisotopic (exact) mass is 210 g/mol. The summed E-state index contributed by atoms with van der Waals surface area (Å²) in [7, 11) is 0. The number of nitrogens with zero attached hydrogens (tertiary/aromatic N) is 1. The van der Waals surface area contributed by atoms with E-state index < -0.39 is 0 Å². The molecule has 1 heterocycles. The summed E-state index contributed by atoms with van der Waals surface area (Å²) in [4.78, 5) is 2.38. The van der Waals surface area contributed by atoms with Crippen LogP contribution in [0, 0.1) is 0 Å². The fourth-order valence-corrected chi connectivity index (χ4v) is 2.13. The van der Waals surface area contributed by atoms with Gasteiger partial charge >= 0.3 is 0 Å². The normalized spacial score (nSPS) is 19.0. The van der Waals surface area contributed by atoms with Gasteiger partial charge in [0.15, 0.2) is 0 Å². The summed E-state index contributed by atoms with van der Waals surface area (Å²) in [6.07, 6.45) is 1.28. The first kappa shape index (κ1) is 9.97. The highest BCUT2D eigenvalue weighted by Crippen LogP contribution is 2.29. The second-order valence-corrected chi connectivity index (χ2v) is 4.07. The van der Waals surface area contributed by atoms with Crippen LogP contribution < -0.4 is 5.73 Å². The molecule has 0 spiro atoms. The first-order valence-corrected chi connectivity index (χ1v) is 5.39. The Balaban J connectivity index is 2.22. The van der Waals surface area contributed by atoms with Gasteiger partial charge in [0.2, 0.25) is 0 Å². The minimum atomic E-state index is 0.303. The fourth-order valence-electron chi connectivity index (χ4n) is 1.87. The highest BCUT2D eigenvalue weighted by molar-refractivity contribution is 6.31. The van der Waals surface area contributed by atoms with Crippen LogP contribution in [0.5, 0.6) is 0 Å². The van der Waals surface area contributed by atoms with Crippen LogP contribution in [0.4, 0.5) is 0 Å². The summed E-state index contributed by atoms with van der Waals surface area (Å²) < 4.78 is 0. The van der Waals surface area contributed by atoms with Gasteiger partial charge in [0.05, 0.1) is 0 Å². The van der Waals surface area contributed by atoms with Crippen molar-refractivity contribution in [3.8, 4) is 0 Å². The van der Waals surface area contributed by atoms with Gasteiger partial charge in [-0.15, -0.1) is 0 Å². The van der Waals surface area contributed by atoms with E-state index in [-0.39, 0.29) is 0 Å². The molecule has 0 saturated carbocycles. The van der Waals surface area contributed by atoms with Gasteiger partial charge in [0.1, 0.15) is 0 Å². The Morgan fingerprint density at radius 1 is 1.36 bits per heavy atom. The lowest BCUT2D eigenvalue weighted by atomic mass is 10.0. The Kier molecular flexibility index (Phi) is 3.06. The summed E-state index contributed by atoms with van der Waals surface area (Å²) >= 11 is 6.14. The minimum Gasteiger partial charge on any atom is -0.329 e. The molecular weight excluding hydrogens is 196 g/mol. The summed E-state index contributed by atoms with van der Waals surface area (Å²) in [5, 5.41) is 0.829. The number of hydrogen-bond acceptors (Lipinski definition) is 2. The van der Waals surface area contributed by atoms with Crippen molar-refractivity contribution in [1.82, 2.24) is 4.90 Å². The average Bonchev–Trinajstić information content (AvgIpc) is 2.12. The fraction of sp³-hybridized carbons (Fsp3) is 0.455. The molecule has 76 valence electrons. The third kappa shape index (κ3) is 1.78. The first-order chi connectivity index (χ1) is 6.83. The van der Waals surface area contributed by atoms with Crippen LogP contribution in [0.15, 0.2) is 24.3 Å². The lowest BCUT2D eigenvalue weighted by molar-refractivity contribution is 0.122. The third-order valence-corrected chi connectivity index (χ3v) is 3.16. The van der Waals surface area contributed by atoms with Crippen LogP contribution >= 0.6 is 11.6 Å². The number of hydrogen-bond donors (Lipinski definition) is 1. The van der Waals surface area contributed by atoms with Crippen LogP contribution in [0.25, 0.3) is 0 Å². The van der Waals surface area contributed by atoms with Gasteiger partial charge in [-0.1, -0.05) is 29.8 Å². The van der Waals surface area contributed by atoms with Gasteiger partial charge in [-0.2, -0.15) is 0 Å². The van der Waals surface area contributed by atoms with Crippen molar-refractivity contribution < 1.29 is 0 Å². The van der Waals surface area contributed by atoms with Gasteiger partial charge in [0.25, 0.3) is 0 Å². The van der Waals surface area contributed by atoms with Crippen LogP contribution in [0.1, 0.15) is 18.0 Å². The molecule has 3 heteroatoms. The number of halogens is 1. The van der Waals surface area contributed by atoms with Crippen molar-refractivity contribution in [2.24, 2.45) is 5.73 Å². The van der Waals surface area contributed by atoms with Gasteiger partial charge < -0.3 is 5.73 Å². The van der Waals surface area contributed by atoms with Gasteiger partial charge in [0, 0.05) is 30.7 Å². The van der Waals surface area contributed by atoms with E-state index in [1.165, 1.54) is 6.42 Å². The van der Waals surface area contributed by atoms with E-state index in [0.29, 0.717) is 12.6 Å². The molecule has 1 aromatic carbocycles. The van der Waals surface area contributed by atoms with Crippen molar-refractivity contribution in [3.63, 3.8) is 0 Å². The summed E-state index contributed by atoms with van der Waals surface area (Å²) in [5.74, 6) is 0. The van der Waals surface area contributed by atoms with Crippen molar-refractivity contribution in [2.45, 2.75) is 12.5 Å². The van der Waals surface area contributed by atoms with E-state index in [9.17, 15) is 0 Å². The van der Waals surface area contributed by atoms with Crippen molar-refractivity contribution >= 4 is 11.6 Å². The molecule has 1 aliphatic rings. The van der Waals surface area contributed by atoms with E-state index in [1.807, 2.05) is 18.2 Å². The molecule has 0 amide bonds. The quantitative estimate of drug-likeness (QED) is 0.828. The van der Waals surface area contributed by atoms with Crippen molar-refractivity contribution in [3.05, 3.63) is 34.9 Å². The number of nitrogens with two attached hydrogens (primary N) is 1. The van der Waals surface area contributed by atoms with Gasteiger partial charge in [-0.05, 0) is 18.1 Å². The maximum absolute atomic E-state index is 6.14. The topological polar surface area (TPSA) is 29.3 Å². The van der Waals surface area contributed by atoms with Gasteiger partial charge in [-0.3, -0.25) is 4.90 Å². The van der Waals surface area contributed by atoms with Crippen molar-refractivity contribution in [1.29, 1.82) is 0 Å². The number of likely N-dealkylation sites (tertiary alicyclic amines) is 1. The molecule has 2 rings (SSSR count). The zero-order chi connectivity index (χ0) is 9.97. The predicted molar refractivity (Wildman–Crippen MR) is 59.4 cm³/mol. The van der Waals surface area contributed by atoms with E-state index in [0.717, 1.165) is 23.7 Å². The first-order valence-electron chi connectivity index (χ1n) is 5.01. The molecule has 1 atom stereocenters. The highest BCUT2D eigenvalue weighted by Gasteiger charge is 2.25. The van der Waals surface area contributed by atoms with E-state index in [1.54, 1.807) is 0 Å². The molecule has 0 aliphatic carbocycles. The molecule has 1 aromatic rings. The molecule has 1 saturated heterocycles. The van der Waals surface area contributed by atoms with Crippen LogP contribution in [0.3, 0.4) is 0 Å². The standard InChI is InChI=1S/C11H15ClN2/c12-10-5-2-1-4-9(10)11(8-13)14-6-3-7-14/h1-2,4-5,11H,3,6-8,13H2. The lowest BCUT2D eigenvalue weighted by Gasteiger charge is -2.38. The number of benzene rings is 1. The molecule has 2 N–H and O–H groups in total. The Bertz CT molecular complexity index is 310. The van der Waals surface area contributed by atoms with E-state index in [4.69, 9.17) is 17.3 Å². The van der Waals surface area contributed by atoms with Crippen LogP contribution in [-0.4, -0.2) is 24.5 Å². The molecule has 0 bridgehead atoms. The van der Waals surface area contributed by atoms with Crippen LogP contribution in [-0.2, 0) is 0 Å². The SMILES string of the molecule is NCC(c1ccccc1Cl)N1CCC1. The Morgan fingerprint density at radius 3 is 2.57 bits per heavy atom. The van der Waals surface area contributed by atoms with Crippen molar-refractivity contribution in [2.75, 3.05) is 19.6 Å². The minimum absolute atomic E-state index is 0.303. The molecule has 14 heavy (non-hydrogen) atoms. The average molecular weight is 211 g/mol. The Morgan fingerprint density at radius 2 is 2.07 bits per heavy atom. The van der Waals surface area contributed by atoms with E-state index in [2.05, 4.69) is 11.0 Å². The molecule has 1 aliphatic heterocycles. The third-order valence-electron chi connectivity index (χ3n) is 2.82. The smallest absolute Gasteiger partial charge is 0.0485 e.